The van der Waals surface area contributed by atoms with Crippen molar-refractivity contribution in [3.8, 4) is 0 Å². The number of hydrogen-bond acceptors (Lipinski definition) is 0. The second kappa shape index (κ2) is 15.5. The van der Waals surface area contributed by atoms with Crippen LogP contribution >= 0.6 is 0 Å². The summed E-state index contributed by atoms with van der Waals surface area (Å²) in [6.45, 7) is 8.59. The van der Waals surface area contributed by atoms with Crippen molar-refractivity contribution in [1.82, 2.24) is 0 Å². The molecule has 20 heavy (non-hydrogen) atoms. The van der Waals surface area contributed by atoms with Crippen LogP contribution in [0.1, 0.15) is 40.5 Å². The number of allylic oxidation sites excluding steroid dienone is 8. The monoisotopic (exact) mass is 346 g/mol. The third kappa shape index (κ3) is 10.9. The molecule has 2 atom stereocenters. The molecule has 0 bridgehead atoms. The smallest absolute Gasteiger partial charge is 1.00 e. The molecule has 3 heteroatoms. The minimum absolute atomic E-state index is 0. The van der Waals surface area contributed by atoms with Crippen LogP contribution in [0.15, 0.2) is 35.5 Å². The summed E-state index contributed by atoms with van der Waals surface area (Å²) in [7, 11) is 0. The second-order valence-corrected chi connectivity index (χ2v) is 4.47. The van der Waals surface area contributed by atoms with E-state index in [0.29, 0.717) is 11.8 Å². The Morgan fingerprint density at radius 2 is 1.20 bits per heavy atom. The van der Waals surface area contributed by atoms with Gasteiger partial charge in [-0.15, -0.1) is 13.8 Å². The van der Waals surface area contributed by atoms with Crippen molar-refractivity contribution >= 4 is 4.82 Å². The largest absolute Gasteiger partial charge is 1.00 e. The van der Waals surface area contributed by atoms with Gasteiger partial charge in [-0.2, -0.15) is 12.2 Å². The van der Waals surface area contributed by atoms with Gasteiger partial charge >= 0.3 is 24.8 Å². The van der Waals surface area contributed by atoms with Gasteiger partial charge in [-0.05, 0) is 0 Å². The van der Waals surface area contributed by atoms with Crippen molar-refractivity contribution in [3.05, 3.63) is 47.6 Å². The molecular formula is C17H24Cl2Ti-2. The predicted octanol–water partition coefficient (Wildman–Crippen LogP) is -1.36. The van der Waals surface area contributed by atoms with E-state index in [9.17, 15) is 0 Å². The molecule has 0 nitrogen and oxygen atoms in total. The van der Waals surface area contributed by atoms with E-state index >= 15 is 0 Å². The molecule has 2 unspecified atom stereocenters. The Morgan fingerprint density at radius 1 is 0.900 bits per heavy atom. The zero-order chi connectivity index (χ0) is 14.0. The van der Waals surface area contributed by atoms with E-state index in [-0.39, 0.29) is 24.8 Å². The standard InChI is InChI=1S/2C8H11.CH2.2ClH.Ti/c2*1-3-8-5-4-7(2)6-8;;;;/h2*4,6,8H,3H2,1-2H3;1H2;2*1H;/q2*-1;;;;+2/p-2. The van der Waals surface area contributed by atoms with Gasteiger partial charge in [0.1, 0.15) is 0 Å². The minimum Gasteiger partial charge on any atom is -1.00 e. The maximum absolute atomic E-state index is 3.25. The molecule has 2 aliphatic carbocycles. The Bertz CT molecular complexity index is 320. The quantitative estimate of drug-likeness (QED) is 0.428. The Hall–Kier alpha value is 0.124. The van der Waals surface area contributed by atoms with Crippen LogP contribution in [0.5, 0.6) is 0 Å². The second-order valence-electron chi connectivity index (χ2n) is 4.47. The Morgan fingerprint density at radius 3 is 1.30 bits per heavy atom. The van der Waals surface area contributed by atoms with E-state index in [1.807, 2.05) is 0 Å². The van der Waals surface area contributed by atoms with Gasteiger partial charge in [0, 0.05) is 0 Å². The molecule has 2 aliphatic rings. The van der Waals surface area contributed by atoms with Gasteiger partial charge in [0.05, 0.1) is 0 Å². The van der Waals surface area contributed by atoms with Crippen LogP contribution < -0.4 is 24.8 Å². The first kappa shape index (κ1) is 25.1. The van der Waals surface area contributed by atoms with Gasteiger partial charge in [0.15, 0.2) is 0 Å². The molecule has 0 aliphatic heterocycles. The maximum Gasteiger partial charge on any atom is -1.00 e. The molecule has 0 heterocycles. The zero-order valence-corrected chi connectivity index (χ0v) is 15.9. The maximum atomic E-state index is 3.25. The molecule has 0 saturated carbocycles. The van der Waals surface area contributed by atoms with Crippen molar-refractivity contribution in [1.29, 1.82) is 0 Å². The van der Waals surface area contributed by atoms with Crippen LogP contribution in [0.3, 0.4) is 0 Å². The van der Waals surface area contributed by atoms with Crippen molar-refractivity contribution in [2.24, 2.45) is 11.8 Å². The Labute approximate surface area is 149 Å². The van der Waals surface area contributed by atoms with E-state index in [1.165, 1.54) is 24.0 Å². The molecule has 0 aromatic rings. The molecule has 0 radical (unpaired) electrons. The van der Waals surface area contributed by atoms with Gasteiger partial charge in [-0.1, -0.05) is 38.5 Å². The summed E-state index contributed by atoms with van der Waals surface area (Å²) in [5, 5.41) is 0. The molecule has 0 fully saturated rings. The first-order valence-corrected chi connectivity index (χ1v) is 7.66. The third-order valence-electron chi connectivity index (χ3n) is 2.86. The van der Waals surface area contributed by atoms with Gasteiger partial charge in [-0.25, -0.2) is 23.3 Å². The van der Waals surface area contributed by atoms with Crippen LogP contribution in [0.2, 0.25) is 0 Å². The van der Waals surface area contributed by atoms with Gasteiger partial charge in [0.25, 0.3) is 0 Å². The van der Waals surface area contributed by atoms with E-state index in [4.69, 9.17) is 0 Å². The molecule has 0 amide bonds. The van der Waals surface area contributed by atoms with E-state index < -0.39 is 0 Å². The topological polar surface area (TPSA) is 0 Å². The Kier molecular flexibility index (Phi) is 19.5. The van der Waals surface area contributed by atoms with Crippen LogP contribution in [0, 0.1) is 24.0 Å². The van der Waals surface area contributed by atoms with Crippen LogP contribution in [0.4, 0.5) is 0 Å². The van der Waals surface area contributed by atoms with Crippen LogP contribution in [-0.2, 0) is 20.0 Å². The summed E-state index contributed by atoms with van der Waals surface area (Å²) in [4.78, 5) is 3.25. The van der Waals surface area contributed by atoms with Gasteiger partial charge in [-0.3, -0.25) is 12.2 Å². The fourth-order valence-corrected chi connectivity index (χ4v) is 1.78. The normalized spacial score (nSPS) is 21.3. The first-order valence-electron chi connectivity index (χ1n) is 6.56. The summed E-state index contributed by atoms with van der Waals surface area (Å²) in [6, 6.07) is 0. The number of rotatable bonds is 2. The van der Waals surface area contributed by atoms with E-state index in [0.717, 1.165) is 0 Å². The fraction of sp³-hybridized carbons (Fsp3) is 0.471. The number of halogens is 2. The summed E-state index contributed by atoms with van der Waals surface area (Å²) < 4.78 is 0. The SMILES string of the molecule is CCC1[C-]=CC(C)=C1.CCC1[C-]=CC(C)=C1.[CH2]=[Ti+2].[Cl-].[Cl-]. The average Bonchev–Trinajstić information content (AvgIpc) is 3.01. The third-order valence-corrected chi connectivity index (χ3v) is 2.86. The molecule has 0 spiro atoms. The van der Waals surface area contributed by atoms with Crippen molar-refractivity contribution in [3.63, 3.8) is 0 Å². The van der Waals surface area contributed by atoms with Crippen LogP contribution in [-0.4, -0.2) is 4.82 Å². The molecule has 0 N–H and O–H groups in total. The zero-order valence-electron chi connectivity index (χ0n) is 12.8. The minimum atomic E-state index is 0. The molecule has 0 saturated heterocycles. The van der Waals surface area contributed by atoms with E-state index in [2.05, 4.69) is 69.0 Å². The summed E-state index contributed by atoms with van der Waals surface area (Å²) >= 11 is 1.75. The summed E-state index contributed by atoms with van der Waals surface area (Å²) in [6.07, 6.45) is 17.5. The van der Waals surface area contributed by atoms with E-state index in [1.54, 1.807) is 20.0 Å². The Balaban J connectivity index is -0.000000236. The fourth-order valence-electron chi connectivity index (χ4n) is 1.78. The summed E-state index contributed by atoms with van der Waals surface area (Å²) in [5.74, 6) is 1.21. The molecule has 112 valence electrons. The molecule has 0 aromatic heterocycles. The predicted molar refractivity (Wildman–Crippen MR) is 77.8 cm³/mol. The van der Waals surface area contributed by atoms with Crippen LogP contribution in [0.25, 0.3) is 0 Å². The molecular weight excluding hydrogens is 323 g/mol. The van der Waals surface area contributed by atoms with Gasteiger partial charge < -0.3 is 24.8 Å². The molecule has 2 rings (SSSR count). The first-order chi connectivity index (χ1) is 8.65. The van der Waals surface area contributed by atoms with Crippen molar-refractivity contribution < 1.29 is 44.8 Å². The average molecular weight is 347 g/mol. The molecule has 0 aromatic carbocycles. The van der Waals surface area contributed by atoms with Gasteiger partial charge in [0.2, 0.25) is 0 Å². The number of hydrogen-bond donors (Lipinski definition) is 0. The van der Waals surface area contributed by atoms with Crippen molar-refractivity contribution in [2.45, 2.75) is 40.5 Å². The summed E-state index contributed by atoms with van der Waals surface area (Å²) in [5.41, 5.74) is 2.72. The van der Waals surface area contributed by atoms with Crippen molar-refractivity contribution in [2.75, 3.05) is 0 Å².